The van der Waals surface area contributed by atoms with Crippen LogP contribution in [0.4, 0.5) is 0 Å². The van der Waals surface area contributed by atoms with Gasteiger partial charge in [-0.15, -0.1) is 0 Å². The predicted molar refractivity (Wildman–Crippen MR) is 53.3 cm³/mol. The van der Waals surface area contributed by atoms with E-state index < -0.39 is 0 Å². The molecule has 0 unspecified atom stereocenters. The third kappa shape index (κ3) is 2.00. The summed E-state index contributed by atoms with van der Waals surface area (Å²) in [5.74, 6) is 0. The second-order valence-corrected chi connectivity index (χ2v) is 3.57. The Hall–Kier alpha value is -0.425. The van der Waals surface area contributed by atoms with Crippen molar-refractivity contribution in [2.75, 3.05) is 0 Å². The molecule has 58 valence electrons. The van der Waals surface area contributed by atoms with E-state index in [1.807, 2.05) is 13.0 Å². The minimum atomic E-state index is 0.563. The van der Waals surface area contributed by atoms with E-state index in [1.54, 1.807) is 0 Å². The maximum atomic E-state index is 5.96. The zero-order chi connectivity index (χ0) is 8.43. The summed E-state index contributed by atoms with van der Waals surface area (Å²) in [5.41, 5.74) is 2.46. The summed E-state index contributed by atoms with van der Waals surface area (Å²) in [6, 6.07) is 6.24. The highest BCUT2D eigenvalue weighted by Crippen LogP contribution is 2.11. The molecule has 0 aliphatic rings. The average molecular weight is 166 g/mol. The van der Waals surface area contributed by atoms with Crippen molar-refractivity contribution in [2.24, 2.45) is 0 Å². The maximum absolute atomic E-state index is 5.96. The Morgan fingerprint density at radius 1 is 1.27 bits per heavy atom. The third-order valence-corrected chi connectivity index (χ3v) is 2.27. The SMILES string of the molecule is CB(C)c1ccc(C)c(Cl)c1. The molecule has 1 rings (SSSR count). The molecule has 0 fully saturated rings. The smallest absolute Gasteiger partial charge is 0.0841 e. The average Bonchev–Trinajstić information content (AvgIpc) is 1.94. The fourth-order valence-corrected chi connectivity index (χ4v) is 1.16. The number of aryl methyl sites for hydroxylation is 1. The molecular weight excluding hydrogens is 154 g/mol. The van der Waals surface area contributed by atoms with Crippen molar-refractivity contribution in [3.8, 4) is 0 Å². The van der Waals surface area contributed by atoms with Crippen LogP contribution in [0, 0.1) is 6.92 Å². The van der Waals surface area contributed by atoms with Gasteiger partial charge in [0.2, 0.25) is 0 Å². The van der Waals surface area contributed by atoms with Gasteiger partial charge in [0.15, 0.2) is 6.71 Å². The number of hydrogen-bond acceptors (Lipinski definition) is 0. The molecule has 0 nitrogen and oxygen atoms in total. The van der Waals surface area contributed by atoms with Crippen LogP contribution in [-0.2, 0) is 0 Å². The summed E-state index contributed by atoms with van der Waals surface area (Å²) in [6.45, 7) is 6.92. The normalized spacial score (nSPS) is 9.82. The van der Waals surface area contributed by atoms with Crippen molar-refractivity contribution in [1.29, 1.82) is 0 Å². The molecule has 0 heterocycles. The predicted octanol–water partition coefficient (Wildman–Crippen LogP) is 2.61. The molecule has 0 bridgehead atoms. The van der Waals surface area contributed by atoms with Gasteiger partial charge in [-0.1, -0.05) is 42.8 Å². The highest BCUT2D eigenvalue weighted by molar-refractivity contribution is 6.70. The summed E-state index contributed by atoms with van der Waals surface area (Å²) >= 11 is 5.96. The summed E-state index contributed by atoms with van der Waals surface area (Å²) in [5, 5.41) is 0.871. The van der Waals surface area contributed by atoms with Crippen molar-refractivity contribution in [3.63, 3.8) is 0 Å². The van der Waals surface area contributed by atoms with Crippen LogP contribution in [0.5, 0.6) is 0 Å². The Kier molecular flexibility index (Phi) is 2.61. The van der Waals surface area contributed by atoms with Crippen molar-refractivity contribution in [3.05, 3.63) is 28.8 Å². The van der Waals surface area contributed by atoms with Crippen molar-refractivity contribution in [2.45, 2.75) is 20.6 Å². The van der Waals surface area contributed by atoms with Crippen molar-refractivity contribution >= 4 is 23.8 Å². The molecule has 0 saturated heterocycles. The van der Waals surface area contributed by atoms with Gasteiger partial charge in [0.1, 0.15) is 0 Å². The zero-order valence-electron chi connectivity index (χ0n) is 7.19. The molecule has 0 radical (unpaired) electrons. The van der Waals surface area contributed by atoms with Gasteiger partial charge < -0.3 is 0 Å². The molecule has 1 aromatic rings. The standard InChI is InChI=1S/C9H12BCl/c1-7-4-5-8(10(2)3)6-9(7)11/h4-6H,1-3H3. The second kappa shape index (κ2) is 3.31. The molecule has 0 aliphatic carbocycles. The molecule has 0 amide bonds. The highest BCUT2D eigenvalue weighted by Gasteiger charge is 2.03. The maximum Gasteiger partial charge on any atom is 0.169 e. The molecular formula is C9H12BCl. The number of hydrogen-bond donors (Lipinski definition) is 0. The van der Waals surface area contributed by atoms with Crippen molar-refractivity contribution < 1.29 is 0 Å². The van der Waals surface area contributed by atoms with Gasteiger partial charge in [-0.3, -0.25) is 0 Å². The van der Waals surface area contributed by atoms with Crippen LogP contribution in [0.2, 0.25) is 18.7 Å². The first kappa shape index (κ1) is 8.67. The molecule has 1 aromatic carbocycles. The van der Waals surface area contributed by atoms with E-state index in [9.17, 15) is 0 Å². The van der Waals surface area contributed by atoms with Crippen LogP contribution < -0.4 is 5.46 Å². The summed E-state index contributed by atoms with van der Waals surface area (Å²) in [4.78, 5) is 0. The van der Waals surface area contributed by atoms with Gasteiger partial charge in [-0.2, -0.15) is 0 Å². The summed E-state index contributed by atoms with van der Waals surface area (Å²) in [7, 11) is 0. The molecule has 0 aliphatic heterocycles. The fraction of sp³-hybridized carbons (Fsp3) is 0.333. The van der Waals surface area contributed by atoms with Gasteiger partial charge in [-0.05, 0) is 18.6 Å². The van der Waals surface area contributed by atoms with Crippen LogP contribution in [0.3, 0.4) is 0 Å². The first-order chi connectivity index (χ1) is 5.11. The molecule has 0 N–H and O–H groups in total. The lowest BCUT2D eigenvalue weighted by Gasteiger charge is -2.03. The lowest BCUT2D eigenvalue weighted by Crippen LogP contribution is -2.22. The van der Waals surface area contributed by atoms with E-state index in [2.05, 4.69) is 25.8 Å². The lowest BCUT2D eigenvalue weighted by atomic mass is 9.49. The quantitative estimate of drug-likeness (QED) is 0.563. The van der Waals surface area contributed by atoms with Gasteiger partial charge >= 0.3 is 0 Å². The number of rotatable bonds is 1. The van der Waals surface area contributed by atoms with Crippen LogP contribution in [0.25, 0.3) is 0 Å². The molecule has 11 heavy (non-hydrogen) atoms. The van der Waals surface area contributed by atoms with Gasteiger partial charge in [0.25, 0.3) is 0 Å². The fourth-order valence-electron chi connectivity index (χ4n) is 0.968. The number of benzene rings is 1. The zero-order valence-corrected chi connectivity index (χ0v) is 7.94. The molecule has 0 saturated carbocycles. The Morgan fingerprint density at radius 3 is 2.36 bits per heavy atom. The first-order valence-electron chi connectivity index (χ1n) is 3.87. The topological polar surface area (TPSA) is 0 Å². The van der Waals surface area contributed by atoms with Gasteiger partial charge in [-0.25, -0.2) is 0 Å². The van der Waals surface area contributed by atoms with E-state index in [4.69, 9.17) is 11.6 Å². The van der Waals surface area contributed by atoms with Gasteiger partial charge in [0.05, 0.1) is 0 Å². The lowest BCUT2D eigenvalue weighted by molar-refractivity contribution is 1.48. The number of halogens is 1. The molecule has 2 heteroatoms. The van der Waals surface area contributed by atoms with E-state index in [1.165, 1.54) is 5.46 Å². The Morgan fingerprint density at radius 2 is 1.91 bits per heavy atom. The molecule has 0 atom stereocenters. The monoisotopic (exact) mass is 166 g/mol. The van der Waals surface area contributed by atoms with E-state index >= 15 is 0 Å². The second-order valence-electron chi connectivity index (χ2n) is 3.16. The largest absolute Gasteiger partial charge is 0.169 e. The minimum absolute atomic E-state index is 0.563. The minimum Gasteiger partial charge on any atom is -0.0841 e. The third-order valence-electron chi connectivity index (χ3n) is 1.86. The van der Waals surface area contributed by atoms with Gasteiger partial charge in [0, 0.05) is 5.02 Å². The summed E-state index contributed by atoms with van der Waals surface area (Å²) < 4.78 is 0. The van der Waals surface area contributed by atoms with Crippen LogP contribution in [-0.4, -0.2) is 6.71 Å². The van der Waals surface area contributed by atoms with Crippen molar-refractivity contribution in [1.82, 2.24) is 0 Å². The van der Waals surface area contributed by atoms with Crippen LogP contribution in [0.15, 0.2) is 18.2 Å². The molecule has 0 spiro atoms. The summed E-state index contributed by atoms with van der Waals surface area (Å²) in [6.07, 6.45) is 0. The first-order valence-corrected chi connectivity index (χ1v) is 4.25. The Balaban J connectivity index is 3.05. The van der Waals surface area contributed by atoms with E-state index in [0.717, 1.165) is 10.6 Å². The Bertz CT molecular complexity index is 256. The van der Waals surface area contributed by atoms with Crippen LogP contribution in [0.1, 0.15) is 5.56 Å². The Labute approximate surface area is 73.7 Å². The molecule has 0 aromatic heterocycles. The van der Waals surface area contributed by atoms with E-state index in [-0.39, 0.29) is 0 Å². The van der Waals surface area contributed by atoms with E-state index in [0.29, 0.717) is 6.71 Å². The van der Waals surface area contributed by atoms with Crippen LogP contribution >= 0.6 is 11.6 Å². The highest BCUT2D eigenvalue weighted by atomic mass is 35.5.